The zero-order valence-corrected chi connectivity index (χ0v) is 13.2. The van der Waals surface area contributed by atoms with Crippen LogP contribution in [0.15, 0.2) is 41.4 Å². The van der Waals surface area contributed by atoms with E-state index in [0.29, 0.717) is 22.1 Å². The van der Waals surface area contributed by atoms with Gasteiger partial charge in [-0.1, -0.05) is 18.5 Å². The summed E-state index contributed by atoms with van der Waals surface area (Å²) in [6.45, 7) is 2.12. The normalized spacial score (nSPS) is 10.4. The number of hydrogen-bond donors (Lipinski definition) is 2. The summed E-state index contributed by atoms with van der Waals surface area (Å²) in [4.78, 5) is 17.2. The van der Waals surface area contributed by atoms with Crippen LogP contribution in [0, 0.1) is 0 Å². The van der Waals surface area contributed by atoms with Gasteiger partial charge in [-0.15, -0.1) is 11.8 Å². The molecule has 1 aromatic carbocycles. The fourth-order valence-electron chi connectivity index (χ4n) is 1.65. The number of benzene rings is 1. The number of nitrogen functional groups attached to an aromatic ring is 1. The molecule has 3 N–H and O–H groups in total. The van der Waals surface area contributed by atoms with Crippen LogP contribution in [0.25, 0.3) is 0 Å². The third-order valence-electron chi connectivity index (χ3n) is 2.71. The summed E-state index contributed by atoms with van der Waals surface area (Å²) in [7, 11) is 0. The summed E-state index contributed by atoms with van der Waals surface area (Å²) in [6, 6.07) is 8.82. The molecule has 2 rings (SSSR count). The number of carbonyl (C=O) groups excluding carboxylic acids is 1. The van der Waals surface area contributed by atoms with Crippen molar-refractivity contribution in [3.8, 4) is 0 Å². The number of nitrogens with zero attached hydrogens (tertiary/aromatic N) is 1. The SMILES string of the molecule is CCCSc1ccc(N)c(NC(=O)c2ccc(Cl)cn2)c1. The smallest absolute Gasteiger partial charge is 0.274 e. The van der Waals surface area contributed by atoms with Gasteiger partial charge in [-0.05, 0) is 42.5 Å². The summed E-state index contributed by atoms with van der Waals surface area (Å²) in [5.41, 5.74) is 7.32. The van der Waals surface area contributed by atoms with Crippen LogP contribution >= 0.6 is 23.4 Å². The van der Waals surface area contributed by atoms with Crippen LogP contribution in [0.1, 0.15) is 23.8 Å². The Morgan fingerprint density at radius 2 is 2.19 bits per heavy atom. The highest BCUT2D eigenvalue weighted by molar-refractivity contribution is 7.99. The van der Waals surface area contributed by atoms with Crippen molar-refractivity contribution in [1.82, 2.24) is 4.98 Å². The molecule has 21 heavy (non-hydrogen) atoms. The number of carbonyl (C=O) groups is 1. The molecular formula is C15H16ClN3OS. The van der Waals surface area contributed by atoms with Crippen molar-refractivity contribution in [3.63, 3.8) is 0 Å². The maximum atomic E-state index is 12.1. The Labute approximate surface area is 133 Å². The Kier molecular flexibility index (Phi) is 5.47. The van der Waals surface area contributed by atoms with Crippen LogP contribution in [0.2, 0.25) is 5.02 Å². The van der Waals surface area contributed by atoms with E-state index in [1.807, 2.05) is 12.1 Å². The van der Waals surface area contributed by atoms with Gasteiger partial charge in [0.25, 0.3) is 5.91 Å². The number of aromatic nitrogens is 1. The molecule has 0 spiro atoms. The van der Waals surface area contributed by atoms with E-state index in [1.54, 1.807) is 30.0 Å². The number of pyridine rings is 1. The third kappa shape index (κ3) is 4.37. The number of thioether (sulfide) groups is 1. The Bertz CT molecular complexity index is 631. The molecule has 0 unspecified atom stereocenters. The first-order valence-electron chi connectivity index (χ1n) is 6.55. The third-order valence-corrected chi connectivity index (χ3v) is 4.13. The quantitative estimate of drug-likeness (QED) is 0.643. The Hall–Kier alpha value is -1.72. The van der Waals surface area contributed by atoms with Gasteiger partial charge in [-0.2, -0.15) is 0 Å². The van der Waals surface area contributed by atoms with E-state index in [-0.39, 0.29) is 5.91 Å². The van der Waals surface area contributed by atoms with Crippen LogP contribution < -0.4 is 11.1 Å². The molecule has 0 aliphatic rings. The lowest BCUT2D eigenvalue weighted by Gasteiger charge is -2.10. The molecule has 110 valence electrons. The molecule has 0 fully saturated rings. The number of nitrogens with two attached hydrogens (primary N) is 1. The molecule has 0 aliphatic carbocycles. The Morgan fingerprint density at radius 3 is 2.86 bits per heavy atom. The number of rotatable bonds is 5. The molecule has 0 radical (unpaired) electrons. The van der Waals surface area contributed by atoms with E-state index >= 15 is 0 Å². The highest BCUT2D eigenvalue weighted by atomic mass is 35.5. The molecule has 0 aliphatic heterocycles. The molecule has 4 nitrogen and oxygen atoms in total. The largest absolute Gasteiger partial charge is 0.397 e. The van der Waals surface area contributed by atoms with Crippen molar-refractivity contribution in [2.75, 3.05) is 16.8 Å². The first-order valence-corrected chi connectivity index (χ1v) is 7.91. The van der Waals surface area contributed by atoms with Gasteiger partial charge >= 0.3 is 0 Å². The van der Waals surface area contributed by atoms with Gasteiger partial charge in [0.05, 0.1) is 16.4 Å². The topological polar surface area (TPSA) is 68.0 Å². The lowest BCUT2D eigenvalue weighted by molar-refractivity contribution is 0.102. The fraction of sp³-hybridized carbons (Fsp3) is 0.200. The maximum Gasteiger partial charge on any atom is 0.274 e. The van der Waals surface area contributed by atoms with Crippen molar-refractivity contribution in [1.29, 1.82) is 0 Å². The molecule has 2 aromatic rings. The second kappa shape index (κ2) is 7.33. The van der Waals surface area contributed by atoms with Gasteiger partial charge in [-0.3, -0.25) is 4.79 Å². The summed E-state index contributed by atoms with van der Waals surface area (Å²) in [6.07, 6.45) is 2.53. The molecular weight excluding hydrogens is 306 g/mol. The van der Waals surface area contributed by atoms with Gasteiger partial charge in [0.15, 0.2) is 0 Å². The highest BCUT2D eigenvalue weighted by Crippen LogP contribution is 2.27. The van der Waals surface area contributed by atoms with Crippen molar-refractivity contribution in [2.24, 2.45) is 0 Å². The maximum absolute atomic E-state index is 12.1. The van der Waals surface area contributed by atoms with Crippen LogP contribution in [-0.2, 0) is 0 Å². The minimum Gasteiger partial charge on any atom is -0.397 e. The molecule has 0 atom stereocenters. The van der Waals surface area contributed by atoms with Crippen LogP contribution in [-0.4, -0.2) is 16.6 Å². The number of anilines is 2. The average molecular weight is 322 g/mol. The second-order valence-electron chi connectivity index (χ2n) is 4.41. The number of halogens is 1. The van der Waals surface area contributed by atoms with E-state index in [1.165, 1.54) is 6.20 Å². The van der Waals surface area contributed by atoms with Crippen LogP contribution in [0.4, 0.5) is 11.4 Å². The van der Waals surface area contributed by atoms with Gasteiger partial charge in [0.1, 0.15) is 5.69 Å². The first-order chi connectivity index (χ1) is 10.1. The minimum absolute atomic E-state index is 0.297. The standard InChI is InChI=1S/C15H16ClN3OS/c1-2-7-21-11-4-5-12(17)14(8-11)19-15(20)13-6-3-10(16)9-18-13/h3-6,8-9H,2,7,17H2,1H3,(H,19,20). The van der Waals surface area contributed by atoms with Crippen molar-refractivity contribution in [3.05, 3.63) is 47.2 Å². The predicted molar refractivity (Wildman–Crippen MR) is 89.1 cm³/mol. The Morgan fingerprint density at radius 1 is 1.38 bits per heavy atom. The monoisotopic (exact) mass is 321 g/mol. The fourth-order valence-corrected chi connectivity index (χ4v) is 2.57. The second-order valence-corrected chi connectivity index (χ2v) is 6.02. The van der Waals surface area contributed by atoms with E-state index < -0.39 is 0 Å². The van der Waals surface area contributed by atoms with Crippen LogP contribution in [0.3, 0.4) is 0 Å². The van der Waals surface area contributed by atoms with Crippen molar-refractivity contribution in [2.45, 2.75) is 18.2 Å². The van der Waals surface area contributed by atoms with Gasteiger partial charge in [0, 0.05) is 11.1 Å². The summed E-state index contributed by atoms with van der Waals surface area (Å²) >= 11 is 7.48. The minimum atomic E-state index is -0.309. The van der Waals surface area contributed by atoms with E-state index in [4.69, 9.17) is 17.3 Å². The summed E-state index contributed by atoms with van der Waals surface area (Å²) < 4.78 is 0. The zero-order chi connectivity index (χ0) is 15.2. The van der Waals surface area contributed by atoms with E-state index in [9.17, 15) is 4.79 Å². The van der Waals surface area contributed by atoms with Crippen molar-refractivity contribution < 1.29 is 4.79 Å². The number of nitrogens with one attached hydrogen (secondary N) is 1. The zero-order valence-electron chi connectivity index (χ0n) is 11.6. The molecule has 1 aromatic heterocycles. The van der Waals surface area contributed by atoms with Gasteiger partial charge < -0.3 is 11.1 Å². The average Bonchev–Trinajstić information content (AvgIpc) is 2.48. The molecule has 0 saturated carbocycles. The van der Waals surface area contributed by atoms with E-state index in [0.717, 1.165) is 17.1 Å². The lowest BCUT2D eigenvalue weighted by atomic mass is 10.2. The first kappa shape index (κ1) is 15.7. The Balaban J connectivity index is 2.14. The molecule has 6 heteroatoms. The predicted octanol–water partition coefficient (Wildman–Crippen LogP) is 4.07. The molecule has 0 saturated heterocycles. The molecule has 0 bridgehead atoms. The molecule has 1 heterocycles. The lowest BCUT2D eigenvalue weighted by Crippen LogP contribution is -2.14. The van der Waals surface area contributed by atoms with Crippen LogP contribution in [0.5, 0.6) is 0 Å². The van der Waals surface area contributed by atoms with Gasteiger partial charge in [-0.25, -0.2) is 4.98 Å². The number of hydrogen-bond acceptors (Lipinski definition) is 4. The van der Waals surface area contributed by atoms with Gasteiger partial charge in [0.2, 0.25) is 0 Å². The summed E-state index contributed by atoms with van der Waals surface area (Å²) in [5, 5.41) is 3.27. The van der Waals surface area contributed by atoms with Crippen molar-refractivity contribution >= 4 is 40.6 Å². The number of amides is 1. The summed E-state index contributed by atoms with van der Waals surface area (Å²) in [5.74, 6) is 0.715. The molecule has 1 amide bonds. The van der Waals surface area contributed by atoms with E-state index in [2.05, 4.69) is 17.2 Å². The highest BCUT2D eigenvalue weighted by Gasteiger charge is 2.10.